The van der Waals surface area contributed by atoms with E-state index in [2.05, 4.69) is 0 Å². The monoisotopic (exact) mass is 207 g/mol. The molecule has 1 aliphatic heterocycles. The second-order valence-electron chi connectivity index (χ2n) is 2.75. The van der Waals surface area contributed by atoms with Crippen molar-refractivity contribution in [2.45, 2.75) is 0 Å². The second kappa shape index (κ2) is 3.41. The maximum absolute atomic E-state index is 10.7. The second-order valence-corrected chi connectivity index (χ2v) is 2.75. The number of rotatable bonds is 2. The van der Waals surface area contributed by atoms with E-state index in [9.17, 15) is 14.9 Å². The highest BCUT2D eigenvalue weighted by Gasteiger charge is 2.23. The van der Waals surface area contributed by atoms with Crippen molar-refractivity contribution in [1.82, 2.24) is 0 Å². The van der Waals surface area contributed by atoms with E-state index in [1.165, 1.54) is 18.6 Å². The molecular weight excluding hydrogens is 202 g/mol. The van der Waals surface area contributed by atoms with Crippen LogP contribution in [0.25, 0.3) is 0 Å². The summed E-state index contributed by atoms with van der Waals surface area (Å²) in [6.07, 6.45) is 2.94. The summed E-state index contributed by atoms with van der Waals surface area (Å²) < 4.78 is 9.94. The molecule has 6 nitrogen and oxygen atoms in total. The Morgan fingerprint density at radius 1 is 1.27 bits per heavy atom. The molecule has 2 rings (SSSR count). The van der Waals surface area contributed by atoms with E-state index >= 15 is 0 Å². The molecule has 15 heavy (non-hydrogen) atoms. The van der Waals surface area contributed by atoms with Crippen LogP contribution >= 0.6 is 0 Å². The van der Waals surface area contributed by atoms with Gasteiger partial charge < -0.3 is 9.47 Å². The smallest absolute Gasteiger partial charge is 0.316 e. The number of nitro benzene ring substituents is 1. The Morgan fingerprint density at radius 3 is 2.67 bits per heavy atom. The average Bonchev–Trinajstić information content (AvgIpc) is 2.27. The van der Waals surface area contributed by atoms with Gasteiger partial charge in [-0.25, -0.2) is 0 Å². The Kier molecular flexibility index (Phi) is 2.09. The lowest BCUT2D eigenvalue weighted by molar-refractivity contribution is -0.385. The molecule has 0 bridgehead atoms. The summed E-state index contributed by atoms with van der Waals surface area (Å²) in [5, 5.41) is 10.7. The van der Waals surface area contributed by atoms with Gasteiger partial charge in [-0.05, 0) is 6.07 Å². The van der Waals surface area contributed by atoms with Gasteiger partial charge in [0.15, 0.2) is 5.75 Å². The Bertz CT molecular complexity index is 466. The van der Waals surface area contributed by atoms with Crippen molar-refractivity contribution in [2.75, 3.05) is 0 Å². The number of carbonyl (C=O) groups is 1. The van der Waals surface area contributed by atoms with E-state index in [0.29, 0.717) is 6.29 Å². The summed E-state index contributed by atoms with van der Waals surface area (Å²) in [6.45, 7) is 0. The van der Waals surface area contributed by atoms with Gasteiger partial charge in [0, 0.05) is 11.6 Å². The van der Waals surface area contributed by atoms with E-state index in [0.717, 1.165) is 6.07 Å². The van der Waals surface area contributed by atoms with E-state index in [1.54, 1.807) is 0 Å². The van der Waals surface area contributed by atoms with Gasteiger partial charge in [-0.15, -0.1) is 0 Å². The van der Waals surface area contributed by atoms with Crippen LogP contribution in [-0.2, 0) is 0 Å². The highest BCUT2D eigenvalue weighted by molar-refractivity contribution is 5.79. The average molecular weight is 207 g/mol. The number of hydrogen-bond donors (Lipinski definition) is 0. The number of nitrogens with zero attached hydrogens (tertiary/aromatic N) is 1. The molecule has 0 spiro atoms. The summed E-state index contributed by atoms with van der Waals surface area (Å²) in [5.74, 6) is 0.168. The van der Waals surface area contributed by atoms with Crippen LogP contribution in [0.2, 0.25) is 0 Å². The van der Waals surface area contributed by atoms with Crippen LogP contribution < -0.4 is 9.47 Å². The summed E-state index contributed by atoms with van der Waals surface area (Å²) in [5.41, 5.74) is -0.127. The molecule has 0 saturated heterocycles. The van der Waals surface area contributed by atoms with Crippen molar-refractivity contribution in [1.29, 1.82) is 0 Å². The molecule has 0 unspecified atom stereocenters. The largest absolute Gasteiger partial charge is 0.458 e. The highest BCUT2D eigenvalue weighted by atomic mass is 16.6. The molecule has 0 saturated carbocycles. The molecule has 1 heterocycles. The molecular formula is C9H5NO5. The first-order valence-electron chi connectivity index (χ1n) is 3.98. The SMILES string of the molecule is O=Cc1cc2c(c([N+](=O)[O-])c1)OC=CO2. The molecule has 0 aromatic heterocycles. The molecule has 1 aromatic carbocycles. The number of hydrogen-bond acceptors (Lipinski definition) is 5. The molecule has 0 amide bonds. The molecule has 0 atom stereocenters. The molecule has 76 valence electrons. The van der Waals surface area contributed by atoms with Crippen molar-refractivity contribution in [2.24, 2.45) is 0 Å². The number of nitro groups is 1. The lowest BCUT2D eigenvalue weighted by Gasteiger charge is -2.12. The number of fused-ring (bicyclic) bond motifs is 1. The van der Waals surface area contributed by atoms with E-state index in [-0.39, 0.29) is 22.7 Å². The molecule has 6 heteroatoms. The van der Waals surface area contributed by atoms with Crippen molar-refractivity contribution >= 4 is 12.0 Å². The molecule has 1 aliphatic rings. The Balaban J connectivity index is 2.63. The van der Waals surface area contributed by atoms with Crippen LogP contribution in [-0.4, -0.2) is 11.2 Å². The molecule has 0 fully saturated rings. The lowest BCUT2D eigenvalue weighted by atomic mass is 10.2. The van der Waals surface area contributed by atoms with Gasteiger partial charge in [0.25, 0.3) is 0 Å². The standard InChI is InChI=1S/C9H5NO5/c11-5-6-3-7(10(12)13)9-8(4-6)14-1-2-15-9/h1-5H. The topological polar surface area (TPSA) is 78.7 Å². The van der Waals surface area contributed by atoms with Crippen molar-refractivity contribution in [3.63, 3.8) is 0 Å². The molecule has 0 N–H and O–H groups in total. The third-order valence-corrected chi connectivity index (χ3v) is 1.83. The summed E-state index contributed by atoms with van der Waals surface area (Å²) in [6, 6.07) is 2.51. The highest BCUT2D eigenvalue weighted by Crippen LogP contribution is 2.39. The molecule has 0 radical (unpaired) electrons. The minimum atomic E-state index is -0.631. The Labute approximate surface area is 83.9 Å². The third kappa shape index (κ3) is 1.52. The first-order chi connectivity index (χ1) is 7.22. The summed E-state index contributed by atoms with van der Waals surface area (Å²) in [7, 11) is 0. The minimum Gasteiger partial charge on any atom is -0.458 e. The minimum absolute atomic E-state index is 0.00750. The normalized spacial score (nSPS) is 12.3. The van der Waals surface area contributed by atoms with Gasteiger partial charge in [0.1, 0.15) is 18.8 Å². The Morgan fingerprint density at radius 2 is 2.00 bits per heavy atom. The Hall–Kier alpha value is -2.37. The van der Waals surface area contributed by atoms with E-state index in [4.69, 9.17) is 9.47 Å². The summed E-state index contributed by atoms with van der Waals surface area (Å²) >= 11 is 0. The van der Waals surface area contributed by atoms with Gasteiger partial charge in [-0.3, -0.25) is 14.9 Å². The van der Waals surface area contributed by atoms with Crippen molar-refractivity contribution in [3.8, 4) is 11.5 Å². The number of benzene rings is 1. The maximum Gasteiger partial charge on any atom is 0.316 e. The van der Waals surface area contributed by atoms with Gasteiger partial charge in [0.2, 0.25) is 5.75 Å². The van der Waals surface area contributed by atoms with Crippen LogP contribution in [0, 0.1) is 10.1 Å². The molecule has 0 aliphatic carbocycles. The van der Waals surface area contributed by atoms with Gasteiger partial charge >= 0.3 is 5.69 Å². The maximum atomic E-state index is 10.7. The van der Waals surface area contributed by atoms with Gasteiger partial charge in [-0.1, -0.05) is 0 Å². The van der Waals surface area contributed by atoms with Crippen LogP contribution in [0.5, 0.6) is 11.5 Å². The van der Waals surface area contributed by atoms with Crippen LogP contribution in [0.15, 0.2) is 24.7 Å². The van der Waals surface area contributed by atoms with E-state index in [1.807, 2.05) is 0 Å². The van der Waals surface area contributed by atoms with Gasteiger partial charge in [0.05, 0.1) is 4.92 Å². The van der Waals surface area contributed by atoms with Crippen molar-refractivity contribution in [3.05, 3.63) is 40.3 Å². The first kappa shape index (κ1) is 9.20. The van der Waals surface area contributed by atoms with Crippen LogP contribution in [0.3, 0.4) is 0 Å². The zero-order valence-electron chi connectivity index (χ0n) is 7.38. The first-order valence-corrected chi connectivity index (χ1v) is 3.98. The van der Waals surface area contributed by atoms with Gasteiger partial charge in [-0.2, -0.15) is 0 Å². The van der Waals surface area contributed by atoms with E-state index < -0.39 is 4.92 Å². The predicted octanol–water partition coefficient (Wildman–Crippen LogP) is 1.65. The fourth-order valence-electron chi connectivity index (χ4n) is 1.21. The van der Waals surface area contributed by atoms with Crippen LogP contribution in [0.4, 0.5) is 5.69 Å². The molecule has 1 aromatic rings. The fraction of sp³-hybridized carbons (Fsp3) is 0. The third-order valence-electron chi connectivity index (χ3n) is 1.83. The lowest BCUT2D eigenvalue weighted by Crippen LogP contribution is -2.01. The predicted molar refractivity (Wildman–Crippen MR) is 48.9 cm³/mol. The fourth-order valence-corrected chi connectivity index (χ4v) is 1.21. The zero-order valence-corrected chi connectivity index (χ0v) is 7.38. The quantitative estimate of drug-likeness (QED) is 0.418. The zero-order chi connectivity index (χ0) is 10.8. The number of aldehydes is 1. The number of ether oxygens (including phenoxy) is 2. The summed E-state index contributed by atoms with van der Waals surface area (Å²) in [4.78, 5) is 20.6. The van der Waals surface area contributed by atoms with Crippen molar-refractivity contribution < 1.29 is 19.2 Å². The number of carbonyl (C=O) groups excluding carboxylic acids is 1. The van der Waals surface area contributed by atoms with Crippen LogP contribution in [0.1, 0.15) is 10.4 Å².